The lowest BCUT2D eigenvalue weighted by atomic mass is 10.4. The van der Waals surface area contributed by atoms with Gasteiger partial charge in [-0.1, -0.05) is 0 Å². The normalized spacial score (nSPS) is 17.2. The van der Waals surface area contributed by atoms with Crippen LogP contribution in [0.3, 0.4) is 0 Å². The quantitative estimate of drug-likeness (QED) is 0.893. The van der Waals surface area contributed by atoms with E-state index in [0.29, 0.717) is 5.82 Å². The Labute approximate surface area is 106 Å². The summed E-state index contributed by atoms with van der Waals surface area (Å²) in [7, 11) is 0. The predicted octanol–water partition coefficient (Wildman–Crippen LogP) is 1.74. The minimum atomic E-state index is 0.107. The Morgan fingerprint density at radius 2 is 2.24 bits per heavy atom. The van der Waals surface area contributed by atoms with Crippen molar-refractivity contribution in [3.63, 3.8) is 0 Å². The second-order valence-electron chi connectivity index (χ2n) is 4.32. The Morgan fingerprint density at radius 3 is 3.00 bits per heavy atom. The highest BCUT2D eigenvalue weighted by Gasteiger charge is 2.21. The van der Waals surface area contributed by atoms with E-state index >= 15 is 0 Å². The number of nitrogen functional groups attached to an aromatic ring is 1. The summed E-state index contributed by atoms with van der Waals surface area (Å²) in [6, 6.07) is 0. The molecule has 1 aromatic rings. The molecular weight excluding hydrogens is 238 g/mol. The van der Waals surface area contributed by atoms with Crippen molar-refractivity contribution in [2.75, 3.05) is 36.9 Å². The largest absolute Gasteiger partial charge is 0.484 e. The summed E-state index contributed by atoms with van der Waals surface area (Å²) >= 11 is 1.40. The fraction of sp³-hybridized carbons (Fsp3) is 0.727. The highest BCUT2D eigenvalue weighted by atomic mass is 32.1. The molecule has 0 saturated carbocycles. The molecule has 2 heterocycles. The zero-order chi connectivity index (χ0) is 12.3. The molecule has 6 heteroatoms. The molecule has 2 N–H and O–H groups in total. The lowest BCUT2D eigenvalue weighted by Crippen LogP contribution is -2.25. The number of rotatable bonds is 3. The molecule has 0 unspecified atom stereocenters. The Bertz CT molecular complexity index is 360. The summed E-state index contributed by atoms with van der Waals surface area (Å²) in [5, 5.41) is 1.03. The van der Waals surface area contributed by atoms with Crippen molar-refractivity contribution in [2.45, 2.75) is 26.4 Å². The van der Waals surface area contributed by atoms with E-state index in [1.165, 1.54) is 11.5 Å². The number of ether oxygens (including phenoxy) is 2. The van der Waals surface area contributed by atoms with E-state index in [1.807, 2.05) is 13.8 Å². The minimum absolute atomic E-state index is 0.107. The Morgan fingerprint density at radius 1 is 1.41 bits per heavy atom. The summed E-state index contributed by atoms with van der Waals surface area (Å²) in [5.41, 5.74) is 5.85. The molecule has 1 aliphatic heterocycles. The van der Waals surface area contributed by atoms with Crippen molar-refractivity contribution in [3.05, 3.63) is 0 Å². The van der Waals surface area contributed by atoms with Crippen molar-refractivity contribution in [1.82, 2.24) is 4.37 Å². The van der Waals surface area contributed by atoms with Gasteiger partial charge in [-0.05, 0) is 31.8 Å². The molecule has 0 spiro atoms. The van der Waals surface area contributed by atoms with E-state index in [2.05, 4.69) is 9.27 Å². The van der Waals surface area contributed by atoms with Crippen LogP contribution in [0.15, 0.2) is 0 Å². The second kappa shape index (κ2) is 5.55. The number of hydrogen-bond donors (Lipinski definition) is 1. The zero-order valence-electron chi connectivity index (χ0n) is 10.3. The van der Waals surface area contributed by atoms with E-state index < -0.39 is 0 Å². The summed E-state index contributed by atoms with van der Waals surface area (Å²) in [5.74, 6) is 1.22. The first-order chi connectivity index (χ1) is 8.18. The van der Waals surface area contributed by atoms with Crippen LogP contribution in [0.4, 0.5) is 10.8 Å². The minimum Gasteiger partial charge on any atom is -0.484 e. The standard InChI is InChI=1S/C11H19N3O2S/c1-8(2)16-9-10(12)13-17-11(9)14-4-3-6-15-7-5-14/h8H,3-7H2,1-2H3,(H2,12,13). The van der Waals surface area contributed by atoms with E-state index in [1.54, 1.807) is 0 Å². The molecule has 5 nitrogen and oxygen atoms in total. The van der Waals surface area contributed by atoms with Crippen LogP contribution < -0.4 is 15.4 Å². The van der Waals surface area contributed by atoms with Gasteiger partial charge in [-0.3, -0.25) is 0 Å². The van der Waals surface area contributed by atoms with E-state index in [4.69, 9.17) is 15.2 Å². The van der Waals surface area contributed by atoms with Crippen molar-refractivity contribution in [2.24, 2.45) is 0 Å². The SMILES string of the molecule is CC(C)Oc1c(N)nsc1N1CCCOCC1. The maximum absolute atomic E-state index is 5.85. The van der Waals surface area contributed by atoms with E-state index in [-0.39, 0.29) is 6.10 Å². The second-order valence-corrected chi connectivity index (χ2v) is 5.07. The predicted molar refractivity (Wildman–Crippen MR) is 69.9 cm³/mol. The van der Waals surface area contributed by atoms with Crippen LogP contribution in [0.2, 0.25) is 0 Å². The Hall–Kier alpha value is -1.01. The van der Waals surface area contributed by atoms with Crippen LogP contribution in [-0.4, -0.2) is 36.8 Å². The molecule has 0 aromatic carbocycles. The summed E-state index contributed by atoms with van der Waals surface area (Å²) in [6.07, 6.45) is 1.13. The Kier molecular flexibility index (Phi) is 4.06. The van der Waals surface area contributed by atoms with Gasteiger partial charge in [0.1, 0.15) is 0 Å². The number of nitrogens with zero attached hydrogens (tertiary/aromatic N) is 2. The molecule has 2 rings (SSSR count). The van der Waals surface area contributed by atoms with Crippen LogP contribution in [0.25, 0.3) is 0 Å². The van der Waals surface area contributed by atoms with Crippen molar-refractivity contribution in [3.8, 4) is 5.75 Å². The fourth-order valence-corrected chi connectivity index (χ4v) is 2.58. The van der Waals surface area contributed by atoms with Gasteiger partial charge in [0.25, 0.3) is 0 Å². The van der Waals surface area contributed by atoms with Gasteiger partial charge < -0.3 is 20.1 Å². The lowest BCUT2D eigenvalue weighted by Gasteiger charge is -2.21. The molecule has 1 fully saturated rings. The van der Waals surface area contributed by atoms with Crippen LogP contribution in [0.5, 0.6) is 5.75 Å². The molecule has 0 radical (unpaired) electrons. The molecule has 0 bridgehead atoms. The Balaban J connectivity index is 2.18. The zero-order valence-corrected chi connectivity index (χ0v) is 11.1. The summed E-state index contributed by atoms with van der Waals surface area (Å²) < 4.78 is 15.4. The van der Waals surface area contributed by atoms with Crippen LogP contribution in [0, 0.1) is 0 Å². The maximum Gasteiger partial charge on any atom is 0.198 e. The molecular formula is C11H19N3O2S. The average molecular weight is 257 g/mol. The van der Waals surface area contributed by atoms with Gasteiger partial charge in [-0.2, -0.15) is 4.37 Å². The first-order valence-electron chi connectivity index (χ1n) is 5.93. The lowest BCUT2D eigenvalue weighted by molar-refractivity contribution is 0.152. The smallest absolute Gasteiger partial charge is 0.198 e. The monoisotopic (exact) mass is 257 g/mol. The van der Waals surface area contributed by atoms with Gasteiger partial charge in [0.2, 0.25) is 0 Å². The first kappa shape index (κ1) is 12.4. The molecule has 1 aromatic heterocycles. The third kappa shape index (κ3) is 3.01. The van der Waals surface area contributed by atoms with Crippen molar-refractivity contribution >= 4 is 22.4 Å². The number of anilines is 2. The number of hydrogen-bond acceptors (Lipinski definition) is 6. The molecule has 96 valence electrons. The first-order valence-corrected chi connectivity index (χ1v) is 6.70. The fourth-order valence-electron chi connectivity index (χ4n) is 1.78. The van der Waals surface area contributed by atoms with Crippen molar-refractivity contribution in [1.29, 1.82) is 0 Å². The summed E-state index contributed by atoms with van der Waals surface area (Å²) in [6.45, 7) is 7.40. The van der Waals surface area contributed by atoms with E-state index in [9.17, 15) is 0 Å². The topological polar surface area (TPSA) is 60.6 Å². The van der Waals surface area contributed by atoms with Gasteiger partial charge in [-0.15, -0.1) is 0 Å². The molecule has 0 aliphatic carbocycles. The van der Waals surface area contributed by atoms with Crippen LogP contribution in [0.1, 0.15) is 20.3 Å². The van der Waals surface area contributed by atoms with E-state index in [0.717, 1.165) is 43.5 Å². The van der Waals surface area contributed by atoms with Gasteiger partial charge in [-0.25, -0.2) is 0 Å². The van der Waals surface area contributed by atoms with Gasteiger partial charge >= 0.3 is 0 Å². The number of aromatic nitrogens is 1. The highest BCUT2D eigenvalue weighted by Crippen LogP contribution is 2.39. The third-order valence-corrected chi connectivity index (χ3v) is 3.42. The van der Waals surface area contributed by atoms with Gasteiger partial charge in [0, 0.05) is 19.7 Å². The molecule has 1 aliphatic rings. The third-order valence-electron chi connectivity index (χ3n) is 2.52. The molecule has 1 saturated heterocycles. The average Bonchev–Trinajstić information content (AvgIpc) is 2.55. The van der Waals surface area contributed by atoms with Crippen LogP contribution >= 0.6 is 11.5 Å². The van der Waals surface area contributed by atoms with Gasteiger partial charge in [0.05, 0.1) is 12.7 Å². The molecule has 0 atom stereocenters. The maximum atomic E-state index is 5.85. The van der Waals surface area contributed by atoms with Gasteiger partial charge in [0.15, 0.2) is 16.6 Å². The summed E-state index contributed by atoms with van der Waals surface area (Å²) in [4.78, 5) is 2.25. The number of nitrogens with two attached hydrogens (primary N) is 1. The van der Waals surface area contributed by atoms with Crippen LogP contribution in [-0.2, 0) is 4.74 Å². The van der Waals surface area contributed by atoms with Crippen molar-refractivity contribution < 1.29 is 9.47 Å². The highest BCUT2D eigenvalue weighted by molar-refractivity contribution is 7.11. The molecule has 0 amide bonds. The molecule has 17 heavy (non-hydrogen) atoms.